The van der Waals surface area contributed by atoms with Crippen LogP contribution < -0.4 is 4.90 Å². The minimum absolute atomic E-state index is 0.234. The minimum atomic E-state index is 0.234. The fourth-order valence-corrected chi connectivity index (χ4v) is 1.97. The van der Waals surface area contributed by atoms with Gasteiger partial charge >= 0.3 is 0 Å². The lowest BCUT2D eigenvalue weighted by atomic mass is 10.0. The van der Waals surface area contributed by atoms with Crippen LogP contribution in [0.2, 0.25) is 0 Å². The van der Waals surface area contributed by atoms with Crippen molar-refractivity contribution in [3.63, 3.8) is 0 Å². The molecule has 1 heterocycles. The number of nitriles is 1. The topological polar surface area (TPSA) is 27.0 Å². The monoisotopic (exact) mass is 284 g/mol. The number of halogens is 1. The summed E-state index contributed by atoms with van der Waals surface area (Å²) in [6, 6.07) is 10.6. The molecule has 2 rings (SSSR count). The van der Waals surface area contributed by atoms with Gasteiger partial charge in [0.2, 0.25) is 0 Å². The molecular weight excluding hydrogens is 275 g/mol. The van der Waals surface area contributed by atoms with Crippen LogP contribution in [0.3, 0.4) is 0 Å². The van der Waals surface area contributed by atoms with E-state index in [1.807, 2.05) is 0 Å². The molecule has 13 heavy (non-hydrogen) atoms. The predicted octanol–water partition coefficient (Wildman–Crippen LogP) is 2.25. The van der Waals surface area contributed by atoms with Crippen LogP contribution in [-0.4, -0.2) is 13.1 Å². The number of hydrogen-bond donors (Lipinski definition) is 0. The zero-order valence-corrected chi connectivity index (χ0v) is 9.23. The summed E-state index contributed by atoms with van der Waals surface area (Å²) in [5, 5.41) is 8.63. The molecule has 1 aliphatic heterocycles. The third-order valence-corrected chi connectivity index (χ3v) is 2.91. The SMILES string of the molecule is N#CC1CN(c2cccc(I)c2)C1. The lowest BCUT2D eigenvalue weighted by Gasteiger charge is -2.37. The highest BCUT2D eigenvalue weighted by molar-refractivity contribution is 14.1. The van der Waals surface area contributed by atoms with E-state index in [1.54, 1.807) is 0 Å². The van der Waals surface area contributed by atoms with Crippen molar-refractivity contribution < 1.29 is 0 Å². The predicted molar refractivity (Wildman–Crippen MR) is 60.5 cm³/mol. The number of hydrogen-bond acceptors (Lipinski definition) is 2. The van der Waals surface area contributed by atoms with Gasteiger partial charge in [-0.25, -0.2) is 0 Å². The van der Waals surface area contributed by atoms with E-state index < -0.39 is 0 Å². The zero-order valence-electron chi connectivity index (χ0n) is 7.07. The second kappa shape index (κ2) is 3.54. The first-order valence-electron chi connectivity index (χ1n) is 4.20. The Kier molecular flexibility index (Phi) is 2.40. The minimum Gasteiger partial charge on any atom is -0.369 e. The average molecular weight is 284 g/mol. The van der Waals surface area contributed by atoms with Crippen LogP contribution in [0.15, 0.2) is 24.3 Å². The Morgan fingerprint density at radius 3 is 2.85 bits per heavy atom. The van der Waals surface area contributed by atoms with Gasteiger partial charge in [0.05, 0.1) is 12.0 Å². The van der Waals surface area contributed by atoms with Gasteiger partial charge in [-0.1, -0.05) is 6.07 Å². The number of nitrogens with zero attached hydrogens (tertiary/aromatic N) is 2. The van der Waals surface area contributed by atoms with Crippen LogP contribution >= 0.6 is 22.6 Å². The summed E-state index contributed by atoms with van der Waals surface area (Å²) in [4.78, 5) is 2.23. The summed E-state index contributed by atoms with van der Waals surface area (Å²) in [6.45, 7) is 1.77. The van der Waals surface area contributed by atoms with Gasteiger partial charge in [-0.15, -0.1) is 0 Å². The molecular formula is C10H9IN2. The molecule has 0 amide bonds. The Balaban J connectivity index is 2.08. The lowest BCUT2D eigenvalue weighted by Crippen LogP contribution is -2.45. The first-order chi connectivity index (χ1) is 6.29. The molecule has 0 N–H and O–H groups in total. The number of anilines is 1. The molecule has 0 unspecified atom stereocenters. The lowest BCUT2D eigenvalue weighted by molar-refractivity contribution is 0.504. The molecule has 1 aliphatic rings. The van der Waals surface area contributed by atoms with Gasteiger partial charge in [-0.05, 0) is 40.8 Å². The van der Waals surface area contributed by atoms with Gasteiger partial charge in [0, 0.05) is 22.3 Å². The Morgan fingerprint density at radius 1 is 1.46 bits per heavy atom. The van der Waals surface area contributed by atoms with Crippen molar-refractivity contribution in [1.82, 2.24) is 0 Å². The summed E-state index contributed by atoms with van der Waals surface area (Å²) in [7, 11) is 0. The van der Waals surface area contributed by atoms with Gasteiger partial charge in [0.15, 0.2) is 0 Å². The maximum Gasteiger partial charge on any atom is 0.0813 e. The molecule has 0 saturated carbocycles. The Bertz CT molecular complexity index is 350. The summed E-state index contributed by atoms with van der Waals surface area (Å²) < 4.78 is 1.25. The van der Waals surface area contributed by atoms with Crippen molar-refractivity contribution in [3.05, 3.63) is 27.8 Å². The third kappa shape index (κ3) is 1.78. The van der Waals surface area contributed by atoms with Crippen LogP contribution in [0.25, 0.3) is 0 Å². The molecule has 1 saturated heterocycles. The molecule has 0 radical (unpaired) electrons. The molecule has 66 valence electrons. The summed E-state index contributed by atoms with van der Waals surface area (Å²) in [5.74, 6) is 0.234. The second-order valence-electron chi connectivity index (χ2n) is 3.21. The van der Waals surface area contributed by atoms with Crippen LogP contribution in [0.4, 0.5) is 5.69 Å². The van der Waals surface area contributed by atoms with Crippen molar-refractivity contribution in [2.75, 3.05) is 18.0 Å². The molecule has 1 fully saturated rings. The smallest absolute Gasteiger partial charge is 0.0813 e. The van der Waals surface area contributed by atoms with E-state index in [-0.39, 0.29) is 5.92 Å². The van der Waals surface area contributed by atoms with Crippen LogP contribution in [-0.2, 0) is 0 Å². The largest absolute Gasteiger partial charge is 0.369 e. The van der Waals surface area contributed by atoms with Gasteiger partial charge < -0.3 is 4.90 Å². The molecule has 0 atom stereocenters. The molecule has 1 aromatic rings. The van der Waals surface area contributed by atoms with Crippen molar-refractivity contribution in [1.29, 1.82) is 5.26 Å². The number of benzene rings is 1. The van der Waals surface area contributed by atoms with E-state index in [1.165, 1.54) is 9.26 Å². The van der Waals surface area contributed by atoms with E-state index in [4.69, 9.17) is 5.26 Å². The molecule has 0 spiro atoms. The van der Waals surface area contributed by atoms with E-state index in [0.29, 0.717) is 0 Å². The van der Waals surface area contributed by atoms with E-state index in [0.717, 1.165) is 13.1 Å². The molecule has 3 heteroatoms. The summed E-state index contributed by atoms with van der Waals surface area (Å²) >= 11 is 2.30. The van der Waals surface area contributed by atoms with Gasteiger partial charge in [0.25, 0.3) is 0 Å². The highest BCUT2D eigenvalue weighted by Gasteiger charge is 2.26. The van der Waals surface area contributed by atoms with Crippen LogP contribution in [0.5, 0.6) is 0 Å². The van der Waals surface area contributed by atoms with Gasteiger partial charge in [-0.3, -0.25) is 0 Å². The van der Waals surface area contributed by atoms with Crippen molar-refractivity contribution in [2.45, 2.75) is 0 Å². The molecule has 1 aromatic carbocycles. The average Bonchev–Trinajstić information content (AvgIpc) is 2.02. The normalized spacial score (nSPS) is 16.5. The molecule has 0 aromatic heterocycles. The maximum absolute atomic E-state index is 8.63. The van der Waals surface area contributed by atoms with E-state index in [2.05, 4.69) is 57.8 Å². The third-order valence-electron chi connectivity index (χ3n) is 2.24. The maximum atomic E-state index is 8.63. The van der Waals surface area contributed by atoms with Gasteiger partial charge in [0.1, 0.15) is 0 Å². The fourth-order valence-electron chi connectivity index (χ4n) is 1.44. The van der Waals surface area contributed by atoms with Gasteiger partial charge in [-0.2, -0.15) is 5.26 Å². The first kappa shape index (κ1) is 8.82. The summed E-state index contributed by atoms with van der Waals surface area (Å²) in [5.41, 5.74) is 1.23. The fraction of sp³-hybridized carbons (Fsp3) is 0.300. The van der Waals surface area contributed by atoms with Crippen LogP contribution in [0, 0.1) is 20.8 Å². The van der Waals surface area contributed by atoms with Crippen molar-refractivity contribution >= 4 is 28.3 Å². The van der Waals surface area contributed by atoms with Crippen molar-refractivity contribution in [2.24, 2.45) is 5.92 Å². The highest BCUT2D eigenvalue weighted by atomic mass is 127. The summed E-state index contributed by atoms with van der Waals surface area (Å²) in [6.07, 6.45) is 0. The highest BCUT2D eigenvalue weighted by Crippen LogP contribution is 2.25. The van der Waals surface area contributed by atoms with Crippen LogP contribution in [0.1, 0.15) is 0 Å². The van der Waals surface area contributed by atoms with E-state index in [9.17, 15) is 0 Å². The first-order valence-corrected chi connectivity index (χ1v) is 5.27. The quantitative estimate of drug-likeness (QED) is 0.740. The molecule has 0 bridgehead atoms. The Morgan fingerprint density at radius 2 is 2.23 bits per heavy atom. The second-order valence-corrected chi connectivity index (χ2v) is 4.46. The number of rotatable bonds is 1. The van der Waals surface area contributed by atoms with E-state index >= 15 is 0 Å². The Hall–Kier alpha value is -0.760. The molecule has 0 aliphatic carbocycles. The van der Waals surface area contributed by atoms with Crippen molar-refractivity contribution in [3.8, 4) is 6.07 Å². The zero-order chi connectivity index (χ0) is 9.26. The Labute approximate surface area is 91.3 Å². The molecule has 2 nitrogen and oxygen atoms in total. The standard InChI is InChI=1S/C10H9IN2/c11-9-2-1-3-10(4-9)13-6-8(5-12)7-13/h1-4,8H,6-7H2.